The molecule has 0 fully saturated rings. The van der Waals surface area contributed by atoms with E-state index in [0.717, 1.165) is 29.7 Å². The third-order valence-electron chi connectivity index (χ3n) is 6.44. The van der Waals surface area contributed by atoms with Gasteiger partial charge in [0, 0.05) is 11.6 Å². The van der Waals surface area contributed by atoms with Gasteiger partial charge in [0.15, 0.2) is 0 Å². The molecule has 1 unspecified atom stereocenters. The van der Waals surface area contributed by atoms with Gasteiger partial charge in [-0.2, -0.15) is 5.26 Å². The molecule has 1 atom stereocenters. The van der Waals surface area contributed by atoms with E-state index in [1.54, 1.807) is 42.5 Å². The second-order valence-corrected chi connectivity index (χ2v) is 9.08. The lowest BCUT2D eigenvalue weighted by atomic mass is 9.83. The number of esters is 1. The van der Waals surface area contributed by atoms with Crippen molar-refractivity contribution in [3.63, 3.8) is 0 Å². The normalized spacial score (nSPS) is 14.2. The molecule has 0 aromatic heterocycles. The number of fused-ring (bicyclic) bond motifs is 1. The summed E-state index contributed by atoms with van der Waals surface area (Å²) in [7, 11) is 1.53. The Bertz CT molecular complexity index is 1340. The first-order chi connectivity index (χ1) is 18.5. The number of unbranched alkanes of at least 4 members (excludes halogenated alkanes) is 4. The molecule has 0 radical (unpaired) electrons. The van der Waals surface area contributed by atoms with Crippen molar-refractivity contribution >= 4 is 5.97 Å². The zero-order valence-corrected chi connectivity index (χ0v) is 21.7. The van der Waals surface area contributed by atoms with E-state index in [9.17, 15) is 10.1 Å². The summed E-state index contributed by atoms with van der Waals surface area (Å²) >= 11 is 0. The lowest BCUT2D eigenvalue weighted by Crippen LogP contribution is -2.21. The number of carbonyl (C=O) groups excluding carboxylic acids is 1. The fraction of sp³-hybridized carbons (Fsp3) is 0.290. The molecular formula is C31H32N2O5. The predicted octanol–water partition coefficient (Wildman–Crippen LogP) is 6.48. The maximum Gasteiger partial charge on any atom is 0.343 e. The standard InChI is InChI=1S/C31H32N2O5/c1-3-4-5-6-7-17-36-23-13-11-21(12-14-23)29-26-16-15-25(19-28(26)38-30(33)27(29)20-32)37-31(34)22-9-8-10-24(18-22)35-2/h8-16,18-19,29H,3-7,17,33H2,1-2H3. The molecular weight excluding hydrogens is 480 g/mol. The Balaban J connectivity index is 1.51. The maximum absolute atomic E-state index is 12.7. The molecule has 1 aliphatic heterocycles. The Morgan fingerprint density at radius 2 is 1.74 bits per heavy atom. The van der Waals surface area contributed by atoms with E-state index in [-0.39, 0.29) is 5.88 Å². The van der Waals surface area contributed by atoms with E-state index in [1.807, 2.05) is 24.3 Å². The Hall–Kier alpha value is -4.44. The topological polar surface area (TPSA) is 104 Å². The van der Waals surface area contributed by atoms with E-state index < -0.39 is 11.9 Å². The molecule has 0 amide bonds. The van der Waals surface area contributed by atoms with Gasteiger partial charge in [-0.05, 0) is 48.4 Å². The average molecular weight is 513 g/mol. The van der Waals surface area contributed by atoms with Crippen molar-refractivity contribution in [3.8, 4) is 29.1 Å². The molecule has 0 aliphatic carbocycles. The van der Waals surface area contributed by atoms with Gasteiger partial charge >= 0.3 is 5.97 Å². The van der Waals surface area contributed by atoms with Gasteiger partial charge in [0.1, 0.15) is 34.6 Å². The van der Waals surface area contributed by atoms with Crippen LogP contribution in [0.5, 0.6) is 23.0 Å². The van der Waals surface area contributed by atoms with E-state index in [1.165, 1.54) is 26.4 Å². The number of nitriles is 1. The second kappa shape index (κ2) is 12.7. The molecule has 3 aromatic carbocycles. The van der Waals surface area contributed by atoms with Crippen LogP contribution in [-0.4, -0.2) is 19.7 Å². The van der Waals surface area contributed by atoms with Crippen LogP contribution in [0, 0.1) is 11.3 Å². The Morgan fingerprint density at radius 1 is 0.974 bits per heavy atom. The molecule has 1 aliphatic rings. The van der Waals surface area contributed by atoms with Crippen LogP contribution in [0.15, 0.2) is 78.2 Å². The van der Waals surface area contributed by atoms with Crippen LogP contribution >= 0.6 is 0 Å². The van der Waals surface area contributed by atoms with Crippen LogP contribution in [0.4, 0.5) is 0 Å². The van der Waals surface area contributed by atoms with Crippen LogP contribution in [0.3, 0.4) is 0 Å². The number of allylic oxidation sites excluding steroid dienone is 1. The van der Waals surface area contributed by atoms with Gasteiger partial charge in [-0.25, -0.2) is 4.79 Å². The van der Waals surface area contributed by atoms with Gasteiger partial charge in [0.2, 0.25) is 5.88 Å². The minimum atomic E-state index is -0.529. The number of benzene rings is 3. The first-order valence-electron chi connectivity index (χ1n) is 12.8. The Morgan fingerprint density at radius 3 is 2.47 bits per heavy atom. The lowest BCUT2D eigenvalue weighted by molar-refractivity contribution is 0.0734. The van der Waals surface area contributed by atoms with Crippen molar-refractivity contribution in [2.45, 2.75) is 44.9 Å². The highest BCUT2D eigenvalue weighted by atomic mass is 16.5. The summed E-state index contributed by atoms with van der Waals surface area (Å²) in [6.45, 7) is 2.88. The van der Waals surface area contributed by atoms with Crippen molar-refractivity contribution in [3.05, 3.63) is 94.9 Å². The highest BCUT2D eigenvalue weighted by Crippen LogP contribution is 2.43. The molecule has 0 bridgehead atoms. The van der Waals surface area contributed by atoms with Crippen molar-refractivity contribution < 1.29 is 23.7 Å². The third-order valence-corrected chi connectivity index (χ3v) is 6.44. The Labute approximate surface area is 223 Å². The summed E-state index contributed by atoms with van der Waals surface area (Å²) in [5, 5.41) is 9.85. The van der Waals surface area contributed by atoms with E-state index >= 15 is 0 Å². The zero-order valence-electron chi connectivity index (χ0n) is 21.7. The van der Waals surface area contributed by atoms with Gasteiger partial charge in [-0.1, -0.05) is 56.9 Å². The molecule has 196 valence electrons. The van der Waals surface area contributed by atoms with Crippen LogP contribution in [0.2, 0.25) is 0 Å². The van der Waals surface area contributed by atoms with Crippen LogP contribution in [0.1, 0.15) is 66.4 Å². The molecule has 2 N–H and O–H groups in total. The summed E-state index contributed by atoms with van der Waals surface area (Å²) in [5.74, 6) is 1.14. The number of hydrogen-bond acceptors (Lipinski definition) is 7. The summed E-state index contributed by atoms with van der Waals surface area (Å²) in [5.41, 5.74) is 8.45. The SMILES string of the molecule is CCCCCCCOc1ccc(C2C(C#N)=C(N)Oc3cc(OC(=O)c4cccc(OC)c4)ccc32)cc1. The first kappa shape index (κ1) is 26.6. The highest BCUT2D eigenvalue weighted by molar-refractivity contribution is 5.91. The number of hydrogen-bond donors (Lipinski definition) is 1. The van der Waals surface area contributed by atoms with Crippen molar-refractivity contribution in [2.75, 3.05) is 13.7 Å². The third kappa shape index (κ3) is 6.27. The number of carbonyl (C=O) groups is 1. The minimum Gasteiger partial charge on any atom is -0.497 e. The quantitative estimate of drug-likeness (QED) is 0.178. The number of nitrogens with two attached hydrogens (primary N) is 1. The minimum absolute atomic E-state index is 0.0219. The summed E-state index contributed by atoms with van der Waals surface area (Å²) in [4.78, 5) is 12.7. The summed E-state index contributed by atoms with van der Waals surface area (Å²) < 4.78 is 22.4. The van der Waals surface area contributed by atoms with E-state index in [2.05, 4.69) is 13.0 Å². The fourth-order valence-electron chi connectivity index (χ4n) is 4.41. The molecule has 1 heterocycles. The molecule has 7 heteroatoms. The summed E-state index contributed by atoms with van der Waals surface area (Å²) in [6.07, 6.45) is 5.89. The molecule has 0 saturated carbocycles. The zero-order chi connectivity index (χ0) is 26.9. The van der Waals surface area contributed by atoms with Gasteiger partial charge in [-0.3, -0.25) is 0 Å². The largest absolute Gasteiger partial charge is 0.497 e. The highest BCUT2D eigenvalue weighted by Gasteiger charge is 2.31. The monoisotopic (exact) mass is 512 g/mol. The summed E-state index contributed by atoms with van der Waals surface area (Å²) in [6, 6.07) is 21.7. The molecule has 4 rings (SSSR count). The average Bonchev–Trinajstić information content (AvgIpc) is 2.94. The molecule has 0 spiro atoms. The lowest BCUT2D eigenvalue weighted by Gasteiger charge is -2.26. The van der Waals surface area contributed by atoms with Crippen molar-refractivity contribution in [1.29, 1.82) is 5.26 Å². The first-order valence-corrected chi connectivity index (χ1v) is 12.8. The second-order valence-electron chi connectivity index (χ2n) is 9.08. The van der Waals surface area contributed by atoms with Crippen molar-refractivity contribution in [2.24, 2.45) is 5.73 Å². The maximum atomic E-state index is 12.7. The molecule has 3 aromatic rings. The van der Waals surface area contributed by atoms with Crippen molar-refractivity contribution in [1.82, 2.24) is 0 Å². The smallest absolute Gasteiger partial charge is 0.343 e. The molecule has 38 heavy (non-hydrogen) atoms. The van der Waals surface area contributed by atoms with E-state index in [4.69, 9.17) is 24.7 Å². The number of nitrogens with zero attached hydrogens (tertiary/aromatic N) is 1. The van der Waals surface area contributed by atoms with Crippen LogP contribution < -0.4 is 24.7 Å². The van der Waals surface area contributed by atoms with E-state index in [0.29, 0.717) is 35.0 Å². The molecule has 7 nitrogen and oxygen atoms in total. The van der Waals surface area contributed by atoms with Crippen LogP contribution in [0.25, 0.3) is 0 Å². The van der Waals surface area contributed by atoms with Gasteiger partial charge in [-0.15, -0.1) is 0 Å². The number of methoxy groups -OCH3 is 1. The fourth-order valence-corrected chi connectivity index (χ4v) is 4.41. The predicted molar refractivity (Wildman–Crippen MR) is 144 cm³/mol. The van der Waals surface area contributed by atoms with Gasteiger partial charge in [0.25, 0.3) is 0 Å². The number of ether oxygens (including phenoxy) is 4. The van der Waals surface area contributed by atoms with Gasteiger partial charge in [0.05, 0.1) is 25.2 Å². The Kier molecular flexibility index (Phi) is 8.89. The van der Waals surface area contributed by atoms with Crippen LogP contribution in [-0.2, 0) is 0 Å². The molecule has 0 saturated heterocycles. The van der Waals surface area contributed by atoms with Gasteiger partial charge < -0.3 is 24.7 Å². The number of rotatable bonds is 11.